The molecule has 0 aliphatic heterocycles. The van der Waals surface area contributed by atoms with E-state index < -0.39 is 0 Å². The molecule has 0 fully saturated rings. The average molecular weight is 272 g/mol. The van der Waals surface area contributed by atoms with E-state index in [1.807, 2.05) is 30.3 Å². The van der Waals surface area contributed by atoms with Gasteiger partial charge in [-0.3, -0.25) is 0 Å². The van der Waals surface area contributed by atoms with Crippen LogP contribution in [0.15, 0.2) is 36.5 Å². The van der Waals surface area contributed by atoms with Crippen molar-refractivity contribution in [1.82, 2.24) is 9.97 Å². The lowest BCUT2D eigenvalue weighted by molar-refractivity contribution is 0.415. The molecule has 0 atom stereocenters. The molecule has 5 heteroatoms. The Morgan fingerprint density at radius 3 is 2.95 bits per heavy atom. The summed E-state index contributed by atoms with van der Waals surface area (Å²) in [5, 5.41) is 6.45. The lowest BCUT2D eigenvalue weighted by Crippen LogP contribution is -2.05. The van der Waals surface area contributed by atoms with E-state index >= 15 is 0 Å². The van der Waals surface area contributed by atoms with Crippen molar-refractivity contribution in [1.29, 1.82) is 0 Å². The Labute approximate surface area is 119 Å². The summed E-state index contributed by atoms with van der Waals surface area (Å²) in [5.41, 5.74) is 0.898. The fourth-order valence-electron chi connectivity index (χ4n) is 1.74. The van der Waals surface area contributed by atoms with E-state index in [1.54, 1.807) is 13.3 Å². The van der Waals surface area contributed by atoms with E-state index in [0.717, 1.165) is 36.6 Å². The predicted octanol–water partition coefficient (Wildman–Crippen LogP) is 3.44. The van der Waals surface area contributed by atoms with Crippen LogP contribution >= 0.6 is 0 Å². The lowest BCUT2D eigenvalue weighted by Gasteiger charge is -2.08. The minimum atomic E-state index is 0.569. The Kier molecular flexibility index (Phi) is 5.17. The van der Waals surface area contributed by atoms with Gasteiger partial charge in [0.1, 0.15) is 11.6 Å². The monoisotopic (exact) mass is 272 g/mol. The second-order valence-corrected chi connectivity index (χ2v) is 4.40. The van der Waals surface area contributed by atoms with Crippen LogP contribution in [0.2, 0.25) is 0 Å². The highest BCUT2D eigenvalue weighted by Crippen LogP contribution is 2.19. The van der Waals surface area contributed by atoms with Gasteiger partial charge in [0.2, 0.25) is 5.95 Å². The first-order chi connectivity index (χ1) is 9.81. The van der Waals surface area contributed by atoms with Crippen molar-refractivity contribution in [3.8, 4) is 5.75 Å². The number of aromatic nitrogens is 2. The zero-order valence-corrected chi connectivity index (χ0v) is 11.9. The van der Waals surface area contributed by atoms with Crippen LogP contribution in [0, 0.1) is 0 Å². The van der Waals surface area contributed by atoms with E-state index in [-0.39, 0.29) is 0 Å². The van der Waals surface area contributed by atoms with Gasteiger partial charge in [-0.25, -0.2) is 4.98 Å². The second-order valence-electron chi connectivity index (χ2n) is 4.40. The number of nitrogens with zero attached hydrogens (tertiary/aromatic N) is 2. The highest BCUT2D eigenvalue weighted by Gasteiger charge is 2.01. The number of anilines is 3. The van der Waals surface area contributed by atoms with E-state index in [9.17, 15) is 0 Å². The number of unbranched alkanes of at least 4 members (excludes halogenated alkanes) is 1. The van der Waals surface area contributed by atoms with Gasteiger partial charge >= 0.3 is 0 Å². The standard InChI is InChI=1S/C15H20N4O/c1-3-4-9-16-14-8-10-17-15(19-14)18-12-6-5-7-13(11-12)20-2/h5-8,10-11H,3-4,9H2,1-2H3,(H2,16,17,18,19). The maximum atomic E-state index is 5.19. The van der Waals surface area contributed by atoms with Crippen LogP contribution < -0.4 is 15.4 Å². The quantitative estimate of drug-likeness (QED) is 0.756. The van der Waals surface area contributed by atoms with Crippen molar-refractivity contribution in [2.75, 3.05) is 24.3 Å². The molecule has 0 radical (unpaired) electrons. The Morgan fingerprint density at radius 2 is 2.15 bits per heavy atom. The number of nitrogens with one attached hydrogen (secondary N) is 2. The van der Waals surface area contributed by atoms with Crippen LogP contribution in [-0.4, -0.2) is 23.6 Å². The van der Waals surface area contributed by atoms with E-state index in [0.29, 0.717) is 5.95 Å². The molecular formula is C15H20N4O. The van der Waals surface area contributed by atoms with Crippen LogP contribution in [0.3, 0.4) is 0 Å². The molecule has 20 heavy (non-hydrogen) atoms. The first-order valence-electron chi connectivity index (χ1n) is 6.80. The SMILES string of the molecule is CCCCNc1ccnc(Nc2cccc(OC)c2)n1. The third-order valence-corrected chi connectivity index (χ3v) is 2.82. The van der Waals surface area contributed by atoms with Crippen molar-refractivity contribution >= 4 is 17.5 Å². The Balaban J connectivity index is 2.03. The van der Waals surface area contributed by atoms with Crippen molar-refractivity contribution in [3.63, 3.8) is 0 Å². The fraction of sp³-hybridized carbons (Fsp3) is 0.333. The van der Waals surface area contributed by atoms with Gasteiger partial charge in [-0.15, -0.1) is 0 Å². The summed E-state index contributed by atoms with van der Waals surface area (Å²) in [6.07, 6.45) is 4.03. The number of ether oxygens (including phenoxy) is 1. The van der Waals surface area contributed by atoms with Gasteiger partial charge in [-0.1, -0.05) is 19.4 Å². The van der Waals surface area contributed by atoms with Crippen LogP contribution in [0.25, 0.3) is 0 Å². The second kappa shape index (κ2) is 7.33. The Hall–Kier alpha value is -2.30. The number of benzene rings is 1. The largest absolute Gasteiger partial charge is 0.497 e. The molecule has 0 saturated carbocycles. The number of methoxy groups -OCH3 is 1. The van der Waals surface area contributed by atoms with Crippen LogP contribution in [0.5, 0.6) is 5.75 Å². The van der Waals surface area contributed by atoms with Crippen LogP contribution in [-0.2, 0) is 0 Å². The molecule has 1 heterocycles. The molecular weight excluding hydrogens is 252 g/mol. The van der Waals surface area contributed by atoms with Crippen molar-refractivity contribution < 1.29 is 4.74 Å². The predicted molar refractivity (Wildman–Crippen MR) is 81.7 cm³/mol. The number of rotatable bonds is 7. The molecule has 0 spiro atoms. The first kappa shape index (κ1) is 14.1. The molecule has 106 valence electrons. The number of hydrogen-bond acceptors (Lipinski definition) is 5. The summed E-state index contributed by atoms with van der Waals surface area (Å²) in [7, 11) is 1.65. The van der Waals surface area contributed by atoms with Gasteiger partial charge in [0.05, 0.1) is 7.11 Å². The van der Waals surface area contributed by atoms with Crippen molar-refractivity contribution in [2.45, 2.75) is 19.8 Å². The van der Waals surface area contributed by atoms with Gasteiger partial charge in [-0.2, -0.15) is 4.98 Å². The van der Waals surface area contributed by atoms with Crippen LogP contribution in [0.4, 0.5) is 17.5 Å². The minimum Gasteiger partial charge on any atom is -0.497 e. The third kappa shape index (κ3) is 4.12. The van der Waals surface area contributed by atoms with E-state index in [1.165, 1.54) is 0 Å². The third-order valence-electron chi connectivity index (χ3n) is 2.82. The molecule has 0 amide bonds. The summed E-state index contributed by atoms with van der Waals surface area (Å²) in [4.78, 5) is 8.64. The van der Waals surface area contributed by atoms with Gasteiger partial charge < -0.3 is 15.4 Å². The fourth-order valence-corrected chi connectivity index (χ4v) is 1.74. The molecule has 1 aromatic heterocycles. The smallest absolute Gasteiger partial charge is 0.229 e. The molecule has 5 nitrogen and oxygen atoms in total. The van der Waals surface area contributed by atoms with E-state index in [2.05, 4.69) is 27.5 Å². The summed E-state index contributed by atoms with van der Waals surface area (Å²) in [6, 6.07) is 9.54. The maximum absolute atomic E-state index is 5.19. The van der Waals surface area contributed by atoms with Crippen molar-refractivity contribution in [3.05, 3.63) is 36.5 Å². The minimum absolute atomic E-state index is 0.569. The molecule has 1 aromatic carbocycles. The summed E-state index contributed by atoms with van der Waals surface area (Å²) >= 11 is 0. The molecule has 2 N–H and O–H groups in total. The van der Waals surface area contributed by atoms with Crippen molar-refractivity contribution in [2.24, 2.45) is 0 Å². The highest BCUT2D eigenvalue weighted by molar-refractivity contribution is 5.56. The Bertz CT molecular complexity index is 545. The maximum Gasteiger partial charge on any atom is 0.229 e. The zero-order chi connectivity index (χ0) is 14.2. The molecule has 0 aliphatic rings. The first-order valence-corrected chi connectivity index (χ1v) is 6.80. The summed E-state index contributed by atoms with van der Waals surface area (Å²) in [5.74, 6) is 2.20. The lowest BCUT2D eigenvalue weighted by atomic mass is 10.3. The topological polar surface area (TPSA) is 59.1 Å². The molecule has 2 rings (SSSR count). The summed E-state index contributed by atoms with van der Waals surface area (Å²) in [6.45, 7) is 3.09. The van der Waals surface area contributed by atoms with E-state index in [4.69, 9.17) is 4.74 Å². The van der Waals surface area contributed by atoms with Gasteiger partial charge in [0.15, 0.2) is 0 Å². The summed E-state index contributed by atoms with van der Waals surface area (Å²) < 4.78 is 5.19. The highest BCUT2D eigenvalue weighted by atomic mass is 16.5. The van der Waals surface area contributed by atoms with Crippen LogP contribution in [0.1, 0.15) is 19.8 Å². The normalized spacial score (nSPS) is 10.1. The molecule has 2 aromatic rings. The zero-order valence-electron chi connectivity index (χ0n) is 11.9. The molecule has 0 unspecified atom stereocenters. The number of hydrogen-bond donors (Lipinski definition) is 2. The van der Waals surface area contributed by atoms with Gasteiger partial charge in [0, 0.05) is 24.5 Å². The molecule has 0 bridgehead atoms. The van der Waals surface area contributed by atoms with Gasteiger partial charge in [-0.05, 0) is 24.6 Å². The molecule has 0 aliphatic carbocycles. The average Bonchev–Trinajstić information content (AvgIpc) is 2.48. The van der Waals surface area contributed by atoms with Gasteiger partial charge in [0.25, 0.3) is 0 Å². The molecule has 0 saturated heterocycles. The Morgan fingerprint density at radius 1 is 1.25 bits per heavy atom.